The monoisotopic (exact) mass is 266 g/mol. The molecule has 1 aromatic carbocycles. The van der Waals surface area contributed by atoms with Crippen molar-refractivity contribution in [2.24, 2.45) is 5.41 Å². The Morgan fingerprint density at radius 1 is 1.26 bits per heavy atom. The van der Waals surface area contributed by atoms with E-state index in [-0.39, 0.29) is 11.5 Å². The number of benzene rings is 1. The van der Waals surface area contributed by atoms with Gasteiger partial charge in [0, 0.05) is 6.61 Å². The van der Waals surface area contributed by atoms with E-state index in [1.54, 1.807) is 7.11 Å². The number of aliphatic hydroxyl groups excluding tert-OH is 1. The van der Waals surface area contributed by atoms with Crippen LogP contribution in [0.15, 0.2) is 18.2 Å². The Morgan fingerprint density at radius 2 is 1.89 bits per heavy atom. The van der Waals surface area contributed by atoms with Crippen LogP contribution in [0.3, 0.4) is 0 Å². The number of aryl methyl sites for hydroxylation is 1. The fraction of sp³-hybridized carbons (Fsp3) is 0.625. The maximum atomic E-state index is 10.6. The molecule has 3 heteroatoms. The van der Waals surface area contributed by atoms with Crippen molar-refractivity contribution in [2.75, 3.05) is 13.7 Å². The fourth-order valence-corrected chi connectivity index (χ4v) is 2.26. The zero-order valence-corrected chi connectivity index (χ0v) is 12.9. The maximum Gasteiger partial charge on any atom is 0.119 e. The highest BCUT2D eigenvalue weighted by Gasteiger charge is 2.33. The van der Waals surface area contributed by atoms with E-state index in [9.17, 15) is 5.11 Å². The van der Waals surface area contributed by atoms with Gasteiger partial charge in [-0.3, -0.25) is 0 Å². The molecule has 0 saturated heterocycles. The number of hydrogen-bond donors (Lipinski definition) is 1. The number of rotatable bonds is 5. The number of methoxy groups -OCH3 is 1. The maximum absolute atomic E-state index is 10.6. The smallest absolute Gasteiger partial charge is 0.119 e. The second-order valence-electron chi connectivity index (χ2n) is 5.91. The summed E-state index contributed by atoms with van der Waals surface area (Å²) in [6.45, 7) is 10.8. The summed E-state index contributed by atoms with van der Waals surface area (Å²) < 4.78 is 10.9. The quantitative estimate of drug-likeness (QED) is 0.886. The SMILES string of the molecule is CCOC(C(O)c1ccc(OC)cc1C)C(C)(C)C. The number of aliphatic hydroxyl groups is 1. The largest absolute Gasteiger partial charge is 0.497 e. The Bertz CT molecular complexity index is 407. The van der Waals surface area contributed by atoms with E-state index >= 15 is 0 Å². The Kier molecular flexibility index (Phi) is 5.39. The first-order chi connectivity index (χ1) is 8.81. The van der Waals surface area contributed by atoms with Gasteiger partial charge in [-0.25, -0.2) is 0 Å². The molecule has 0 radical (unpaired) electrons. The summed E-state index contributed by atoms with van der Waals surface area (Å²) in [6, 6.07) is 5.72. The molecule has 0 amide bonds. The summed E-state index contributed by atoms with van der Waals surface area (Å²) in [5, 5.41) is 10.6. The van der Waals surface area contributed by atoms with Gasteiger partial charge in [-0.1, -0.05) is 26.8 Å². The van der Waals surface area contributed by atoms with Gasteiger partial charge in [-0.15, -0.1) is 0 Å². The molecule has 3 nitrogen and oxygen atoms in total. The van der Waals surface area contributed by atoms with Gasteiger partial charge in [0.2, 0.25) is 0 Å². The second-order valence-corrected chi connectivity index (χ2v) is 5.91. The molecule has 0 aliphatic heterocycles. The first-order valence-corrected chi connectivity index (χ1v) is 6.75. The van der Waals surface area contributed by atoms with Crippen LogP contribution in [0, 0.1) is 12.3 Å². The van der Waals surface area contributed by atoms with Crippen molar-refractivity contribution < 1.29 is 14.6 Å². The Balaban J connectivity index is 3.06. The molecule has 0 aliphatic carbocycles. The minimum Gasteiger partial charge on any atom is -0.497 e. The predicted molar refractivity (Wildman–Crippen MR) is 77.6 cm³/mol. The van der Waals surface area contributed by atoms with E-state index in [4.69, 9.17) is 9.47 Å². The van der Waals surface area contributed by atoms with Crippen LogP contribution in [-0.4, -0.2) is 24.9 Å². The first-order valence-electron chi connectivity index (χ1n) is 6.75. The summed E-state index contributed by atoms with van der Waals surface area (Å²) in [4.78, 5) is 0. The molecule has 0 heterocycles. The molecule has 0 fully saturated rings. The highest BCUT2D eigenvalue weighted by Crippen LogP contribution is 2.34. The van der Waals surface area contributed by atoms with Gasteiger partial charge in [0.1, 0.15) is 11.9 Å². The van der Waals surface area contributed by atoms with Gasteiger partial charge in [0.15, 0.2) is 0 Å². The molecule has 2 unspecified atom stereocenters. The molecule has 0 aromatic heterocycles. The summed E-state index contributed by atoms with van der Waals surface area (Å²) in [5.74, 6) is 0.803. The zero-order valence-electron chi connectivity index (χ0n) is 12.9. The van der Waals surface area contributed by atoms with Crippen LogP contribution in [0.5, 0.6) is 5.75 Å². The van der Waals surface area contributed by atoms with Crippen LogP contribution >= 0.6 is 0 Å². The van der Waals surface area contributed by atoms with E-state index < -0.39 is 6.10 Å². The van der Waals surface area contributed by atoms with Gasteiger partial charge in [-0.05, 0) is 42.5 Å². The average molecular weight is 266 g/mol. The van der Waals surface area contributed by atoms with Crippen molar-refractivity contribution in [2.45, 2.75) is 46.8 Å². The van der Waals surface area contributed by atoms with Crippen LogP contribution in [0.1, 0.15) is 44.9 Å². The molecule has 0 bridgehead atoms. The normalized spacial score (nSPS) is 15.1. The van der Waals surface area contributed by atoms with Crippen molar-refractivity contribution in [3.8, 4) is 5.75 Å². The standard InChI is InChI=1S/C16H26O3/c1-7-19-15(16(3,4)5)14(17)13-9-8-12(18-6)10-11(13)2/h8-10,14-15,17H,7H2,1-6H3. The average Bonchev–Trinajstić information content (AvgIpc) is 2.33. The molecule has 0 spiro atoms. The van der Waals surface area contributed by atoms with Crippen LogP contribution in [0.2, 0.25) is 0 Å². The second kappa shape index (κ2) is 6.40. The molecule has 0 aliphatic rings. The molecule has 19 heavy (non-hydrogen) atoms. The van der Waals surface area contributed by atoms with E-state index in [1.165, 1.54) is 0 Å². The van der Waals surface area contributed by atoms with E-state index in [0.717, 1.165) is 16.9 Å². The van der Waals surface area contributed by atoms with Gasteiger partial charge >= 0.3 is 0 Å². The summed E-state index contributed by atoms with van der Waals surface area (Å²) in [6.07, 6.45) is -0.865. The highest BCUT2D eigenvalue weighted by molar-refractivity contribution is 5.36. The van der Waals surface area contributed by atoms with E-state index in [1.807, 2.05) is 32.0 Å². The van der Waals surface area contributed by atoms with Crippen LogP contribution in [0.4, 0.5) is 0 Å². The number of ether oxygens (including phenoxy) is 2. The lowest BCUT2D eigenvalue weighted by Crippen LogP contribution is -2.35. The molecule has 0 saturated carbocycles. The first kappa shape index (κ1) is 16.0. The van der Waals surface area contributed by atoms with Crippen molar-refractivity contribution in [1.82, 2.24) is 0 Å². The van der Waals surface area contributed by atoms with Crippen LogP contribution in [-0.2, 0) is 4.74 Å². The van der Waals surface area contributed by atoms with Gasteiger partial charge in [-0.2, -0.15) is 0 Å². The van der Waals surface area contributed by atoms with Crippen molar-refractivity contribution in [1.29, 1.82) is 0 Å². The molecular formula is C16H26O3. The number of hydrogen-bond acceptors (Lipinski definition) is 3. The van der Waals surface area contributed by atoms with Gasteiger partial charge in [0.05, 0.1) is 13.2 Å². The minimum absolute atomic E-state index is 0.123. The molecule has 108 valence electrons. The topological polar surface area (TPSA) is 38.7 Å². The van der Waals surface area contributed by atoms with Crippen LogP contribution < -0.4 is 4.74 Å². The Morgan fingerprint density at radius 3 is 2.32 bits per heavy atom. The summed E-state index contributed by atoms with van der Waals surface area (Å²) >= 11 is 0. The third-order valence-electron chi connectivity index (χ3n) is 3.28. The lowest BCUT2D eigenvalue weighted by molar-refractivity contribution is -0.0900. The van der Waals surface area contributed by atoms with Crippen molar-refractivity contribution in [3.05, 3.63) is 29.3 Å². The highest BCUT2D eigenvalue weighted by atomic mass is 16.5. The van der Waals surface area contributed by atoms with Gasteiger partial charge < -0.3 is 14.6 Å². The van der Waals surface area contributed by atoms with Crippen molar-refractivity contribution in [3.63, 3.8) is 0 Å². The minimum atomic E-state index is -0.633. The Labute approximate surface area is 116 Å². The fourth-order valence-electron chi connectivity index (χ4n) is 2.26. The van der Waals surface area contributed by atoms with E-state index in [2.05, 4.69) is 20.8 Å². The zero-order chi connectivity index (χ0) is 14.6. The third kappa shape index (κ3) is 3.95. The van der Waals surface area contributed by atoms with Crippen molar-refractivity contribution >= 4 is 0 Å². The van der Waals surface area contributed by atoms with Gasteiger partial charge in [0.25, 0.3) is 0 Å². The summed E-state index contributed by atoms with van der Waals surface area (Å²) in [7, 11) is 1.64. The van der Waals surface area contributed by atoms with E-state index in [0.29, 0.717) is 6.61 Å². The Hall–Kier alpha value is -1.06. The third-order valence-corrected chi connectivity index (χ3v) is 3.28. The predicted octanol–water partition coefficient (Wildman–Crippen LogP) is 3.49. The molecule has 2 atom stereocenters. The summed E-state index contributed by atoms with van der Waals surface area (Å²) in [5.41, 5.74) is 1.79. The molecular weight excluding hydrogens is 240 g/mol. The molecule has 1 rings (SSSR count). The molecule has 1 aromatic rings. The molecule has 1 N–H and O–H groups in total. The lowest BCUT2D eigenvalue weighted by Gasteiger charge is -2.34. The lowest BCUT2D eigenvalue weighted by atomic mass is 9.82. The van der Waals surface area contributed by atoms with Crippen LogP contribution in [0.25, 0.3) is 0 Å².